The first-order valence-electron chi connectivity index (χ1n) is 8.87. The summed E-state index contributed by atoms with van der Waals surface area (Å²) < 4.78 is 13.4. The van der Waals surface area contributed by atoms with Crippen LogP contribution in [0.15, 0.2) is 24.3 Å². The maximum Gasteiger partial charge on any atom is 0.317 e. The van der Waals surface area contributed by atoms with Crippen LogP contribution in [0.25, 0.3) is 0 Å². The number of halogens is 1. The monoisotopic (exact) mass is 349 g/mol. The number of benzene rings is 1. The van der Waals surface area contributed by atoms with Gasteiger partial charge in [0.2, 0.25) is 5.91 Å². The van der Waals surface area contributed by atoms with Gasteiger partial charge in [-0.15, -0.1) is 0 Å². The number of nitrogens with one attached hydrogen (secondary N) is 1. The van der Waals surface area contributed by atoms with E-state index in [2.05, 4.69) is 33.0 Å². The van der Waals surface area contributed by atoms with Gasteiger partial charge < -0.3 is 15.1 Å². The van der Waals surface area contributed by atoms with E-state index in [-0.39, 0.29) is 30.2 Å². The van der Waals surface area contributed by atoms with Crippen molar-refractivity contribution >= 4 is 17.6 Å². The molecule has 1 aromatic rings. The molecule has 2 rings (SSSR count). The molecular formula is C19H28FN3O2. The number of anilines is 1. The summed E-state index contributed by atoms with van der Waals surface area (Å²) >= 11 is 0. The number of carbonyl (C=O) groups excluding carboxylic acids is 2. The summed E-state index contributed by atoms with van der Waals surface area (Å²) in [5, 5.41) is 2.97. The Balaban J connectivity index is 2.00. The lowest BCUT2D eigenvalue weighted by Gasteiger charge is -2.28. The maximum absolute atomic E-state index is 13.4. The van der Waals surface area contributed by atoms with Crippen molar-refractivity contribution < 1.29 is 14.0 Å². The van der Waals surface area contributed by atoms with Gasteiger partial charge in [-0.3, -0.25) is 4.79 Å². The van der Waals surface area contributed by atoms with Gasteiger partial charge in [0.1, 0.15) is 5.82 Å². The topological polar surface area (TPSA) is 52.7 Å². The highest BCUT2D eigenvalue weighted by molar-refractivity contribution is 5.96. The predicted molar refractivity (Wildman–Crippen MR) is 96.9 cm³/mol. The third-order valence-electron chi connectivity index (χ3n) is 4.03. The molecule has 0 bridgehead atoms. The number of carbonyl (C=O) groups is 2. The zero-order valence-corrected chi connectivity index (χ0v) is 15.5. The molecule has 1 atom stereocenters. The SMILES string of the molecule is CC(C)CN(CC(C)C)C(=O)N[C@H]1CC(=O)N(c2cccc(F)c2)C1. The molecule has 1 aliphatic rings. The van der Waals surface area contributed by atoms with Crippen molar-refractivity contribution in [2.45, 2.75) is 40.2 Å². The standard InChI is InChI=1S/C19H28FN3O2/c1-13(2)10-22(11-14(3)4)19(25)21-16-9-18(24)23(12-16)17-7-5-6-15(20)8-17/h5-8,13-14,16H,9-12H2,1-4H3,(H,21,25)/t16-/m0/s1. The molecule has 0 aliphatic carbocycles. The molecule has 3 amide bonds. The van der Waals surface area contributed by atoms with Gasteiger partial charge in [-0.25, -0.2) is 9.18 Å². The minimum absolute atomic E-state index is 0.102. The zero-order chi connectivity index (χ0) is 18.6. The summed E-state index contributed by atoms with van der Waals surface area (Å²) in [6.45, 7) is 10.0. The fourth-order valence-electron chi connectivity index (χ4n) is 3.09. The first-order valence-corrected chi connectivity index (χ1v) is 8.87. The first kappa shape index (κ1) is 19.2. The molecule has 1 N–H and O–H groups in total. The Labute approximate surface area is 149 Å². The van der Waals surface area contributed by atoms with Gasteiger partial charge in [0.15, 0.2) is 0 Å². The molecule has 1 saturated heterocycles. The fraction of sp³-hybridized carbons (Fsp3) is 0.579. The Kier molecular flexibility index (Phi) is 6.39. The van der Waals surface area contributed by atoms with E-state index in [1.54, 1.807) is 12.1 Å². The van der Waals surface area contributed by atoms with E-state index in [1.165, 1.54) is 17.0 Å². The van der Waals surface area contributed by atoms with E-state index < -0.39 is 0 Å². The van der Waals surface area contributed by atoms with E-state index in [0.29, 0.717) is 37.2 Å². The van der Waals surface area contributed by atoms with Crippen LogP contribution in [-0.4, -0.2) is 42.5 Å². The van der Waals surface area contributed by atoms with Gasteiger partial charge in [0.25, 0.3) is 0 Å². The van der Waals surface area contributed by atoms with E-state index in [0.717, 1.165) is 0 Å². The van der Waals surface area contributed by atoms with Crippen molar-refractivity contribution in [3.63, 3.8) is 0 Å². The Morgan fingerprint density at radius 1 is 1.28 bits per heavy atom. The Morgan fingerprint density at radius 3 is 2.48 bits per heavy atom. The fourth-order valence-corrected chi connectivity index (χ4v) is 3.09. The molecule has 1 heterocycles. The highest BCUT2D eigenvalue weighted by Crippen LogP contribution is 2.22. The summed E-state index contributed by atoms with van der Waals surface area (Å²) in [4.78, 5) is 28.2. The number of hydrogen-bond acceptors (Lipinski definition) is 2. The van der Waals surface area contributed by atoms with Crippen molar-refractivity contribution in [3.05, 3.63) is 30.1 Å². The van der Waals surface area contributed by atoms with Crippen LogP contribution < -0.4 is 10.2 Å². The molecule has 25 heavy (non-hydrogen) atoms. The maximum atomic E-state index is 13.4. The molecule has 1 aliphatic heterocycles. The molecule has 0 radical (unpaired) electrons. The molecule has 0 aromatic heterocycles. The molecule has 0 saturated carbocycles. The van der Waals surface area contributed by atoms with Crippen molar-refractivity contribution in [1.29, 1.82) is 0 Å². The van der Waals surface area contributed by atoms with E-state index in [1.807, 2.05) is 4.90 Å². The van der Waals surface area contributed by atoms with Gasteiger partial charge in [-0.2, -0.15) is 0 Å². The summed E-state index contributed by atoms with van der Waals surface area (Å²) in [7, 11) is 0. The Hall–Kier alpha value is -2.11. The van der Waals surface area contributed by atoms with Crippen LogP contribution in [0.2, 0.25) is 0 Å². The lowest BCUT2D eigenvalue weighted by atomic mass is 10.1. The summed E-state index contributed by atoms with van der Waals surface area (Å²) in [6, 6.07) is 5.57. The average molecular weight is 349 g/mol. The van der Waals surface area contributed by atoms with Gasteiger partial charge in [0.05, 0.1) is 6.04 Å². The van der Waals surface area contributed by atoms with E-state index >= 15 is 0 Å². The van der Waals surface area contributed by atoms with Crippen molar-refractivity contribution in [3.8, 4) is 0 Å². The van der Waals surface area contributed by atoms with Gasteiger partial charge >= 0.3 is 6.03 Å². The smallest absolute Gasteiger partial charge is 0.317 e. The second kappa shape index (κ2) is 8.32. The van der Waals surface area contributed by atoms with Crippen LogP contribution >= 0.6 is 0 Å². The minimum Gasteiger partial charge on any atom is -0.333 e. The van der Waals surface area contributed by atoms with Crippen molar-refractivity contribution in [1.82, 2.24) is 10.2 Å². The van der Waals surface area contributed by atoms with Gasteiger partial charge in [0, 0.05) is 31.7 Å². The Bertz CT molecular complexity index is 608. The number of rotatable bonds is 6. The molecule has 0 spiro atoms. The molecule has 6 heteroatoms. The van der Waals surface area contributed by atoms with Crippen molar-refractivity contribution in [2.24, 2.45) is 11.8 Å². The molecular weight excluding hydrogens is 321 g/mol. The Morgan fingerprint density at radius 2 is 1.92 bits per heavy atom. The van der Waals surface area contributed by atoms with Crippen LogP contribution in [0.3, 0.4) is 0 Å². The van der Waals surface area contributed by atoms with E-state index in [4.69, 9.17) is 0 Å². The average Bonchev–Trinajstić information content (AvgIpc) is 2.86. The summed E-state index contributed by atoms with van der Waals surface area (Å²) in [5.74, 6) is 0.269. The number of urea groups is 1. The largest absolute Gasteiger partial charge is 0.333 e. The first-order chi connectivity index (χ1) is 11.8. The lowest BCUT2D eigenvalue weighted by Crippen LogP contribution is -2.48. The highest BCUT2D eigenvalue weighted by Gasteiger charge is 2.32. The van der Waals surface area contributed by atoms with Crippen LogP contribution in [0.4, 0.5) is 14.9 Å². The van der Waals surface area contributed by atoms with Crippen LogP contribution in [0.1, 0.15) is 34.1 Å². The quantitative estimate of drug-likeness (QED) is 0.857. The third-order valence-corrected chi connectivity index (χ3v) is 4.03. The summed E-state index contributed by atoms with van der Waals surface area (Å²) in [5.41, 5.74) is 0.531. The zero-order valence-electron chi connectivity index (χ0n) is 15.5. The van der Waals surface area contributed by atoms with Gasteiger partial charge in [-0.1, -0.05) is 33.8 Å². The van der Waals surface area contributed by atoms with Crippen LogP contribution in [-0.2, 0) is 4.79 Å². The molecule has 1 aromatic carbocycles. The summed E-state index contributed by atoms with van der Waals surface area (Å²) in [6.07, 6.45) is 0.236. The minimum atomic E-state index is -0.377. The molecule has 1 fully saturated rings. The lowest BCUT2D eigenvalue weighted by molar-refractivity contribution is -0.117. The third kappa shape index (κ3) is 5.44. The highest BCUT2D eigenvalue weighted by atomic mass is 19.1. The molecule has 138 valence electrons. The van der Waals surface area contributed by atoms with E-state index in [9.17, 15) is 14.0 Å². The van der Waals surface area contributed by atoms with Crippen molar-refractivity contribution in [2.75, 3.05) is 24.5 Å². The number of hydrogen-bond donors (Lipinski definition) is 1. The second-order valence-corrected chi connectivity index (χ2v) is 7.53. The second-order valence-electron chi connectivity index (χ2n) is 7.53. The van der Waals surface area contributed by atoms with Gasteiger partial charge in [-0.05, 0) is 30.0 Å². The van der Waals surface area contributed by atoms with Crippen LogP contribution in [0.5, 0.6) is 0 Å². The number of nitrogens with zero attached hydrogens (tertiary/aromatic N) is 2. The number of amides is 3. The molecule has 5 nitrogen and oxygen atoms in total. The predicted octanol–water partition coefficient (Wildman–Crippen LogP) is 3.25. The normalized spacial score (nSPS) is 17.5. The van der Waals surface area contributed by atoms with Crippen LogP contribution in [0, 0.1) is 17.7 Å². The molecule has 0 unspecified atom stereocenters.